The van der Waals surface area contributed by atoms with E-state index in [1.165, 1.54) is 0 Å². The van der Waals surface area contributed by atoms with E-state index in [9.17, 15) is 4.79 Å². The minimum absolute atomic E-state index is 0.0823. The Balaban J connectivity index is 3.36. The summed E-state index contributed by atoms with van der Waals surface area (Å²) >= 11 is 0. The van der Waals surface area contributed by atoms with E-state index in [1.54, 1.807) is 7.11 Å². The zero-order chi connectivity index (χ0) is 15.9. The third kappa shape index (κ3) is 14.0. The van der Waals surface area contributed by atoms with Crippen molar-refractivity contribution in [3.63, 3.8) is 0 Å². The van der Waals surface area contributed by atoms with Crippen molar-refractivity contribution < 1.29 is 23.7 Å². The van der Waals surface area contributed by atoms with E-state index in [4.69, 9.17) is 24.7 Å². The van der Waals surface area contributed by atoms with Crippen LogP contribution in [0.4, 0.5) is 0 Å². The van der Waals surface area contributed by atoms with Crippen LogP contribution in [-0.2, 0) is 23.7 Å². The molecule has 2 N–H and O–H groups in total. The Morgan fingerprint density at radius 1 is 0.952 bits per heavy atom. The fourth-order valence-electron chi connectivity index (χ4n) is 1.67. The normalized spacial score (nSPS) is 13.9. The molecular weight excluding hydrogens is 274 g/mol. The van der Waals surface area contributed by atoms with Crippen molar-refractivity contribution in [3.8, 4) is 0 Å². The van der Waals surface area contributed by atoms with Crippen molar-refractivity contribution in [3.05, 3.63) is 0 Å². The summed E-state index contributed by atoms with van der Waals surface area (Å²) in [6.45, 7) is 6.69. The quantitative estimate of drug-likeness (QED) is 0.385. The molecule has 0 spiro atoms. The predicted octanol–water partition coefficient (Wildman–Crippen LogP) is 1.36. The van der Waals surface area contributed by atoms with Crippen LogP contribution in [0.15, 0.2) is 0 Å². The van der Waals surface area contributed by atoms with Gasteiger partial charge < -0.3 is 24.7 Å². The Morgan fingerprint density at radius 2 is 1.52 bits per heavy atom. The molecule has 0 aliphatic rings. The molecule has 0 fully saturated rings. The van der Waals surface area contributed by atoms with Gasteiger partial charge in [-0.3, -0.25) is 4.79 Å². The molecule has 0 rings (SSSR count). The zero-order valence-electron chi connectivity index (χ0n) is 13.6. The number of nitrogens with two attached hydrogens (primary N) is 1. The second-order valence-corrected chi connectivity index (χ2v) is 5.19. The topological polar surface area (TPSA) is 80.0 Å². The lowest BCUT2D eigenvalue weighted by Gasteiger charge is -2.12. The third-order valence-electron chi connectivity index (χ3n) is 2.97. The standard InChI is InChI=1S/C15H31NO5/c1-13(5-4-6-14(2)16)15(17)21-12-11-20-10-9-19-8-7-18-3/h13-14H,4-12,16H2,1-3H3. The molecule has 0 bridgehead atoms. The van der Waals surface area contributed by atoms with Gasteiger partial charge in [-0.05, 0) is 19.8 Å². The Morgan fingerprint density at radius 3 is 2.10 bits per heavy atom. The monoisotopic (exact) mass is 305 g/mol. The van der Waals surface area contributed by atoms with Gasteiger partial charge in [0.05, 0.1) is 39.0 Å². The van der Waals surface area contributed by atoms with E-state index in [0.29, 0.717) is 33.0 Å². The first kappa shape index (κ1) is 20.3. The predicted molar refractivity (Wildman–Crippen MR) is 81.1 cm³/mol. The highest BCUT2D eigenvalue weighted by molar-refractivity contribution is 5.71. The Kier molecular flexibility index (Phi) is 13.8. The lowest BCUT2D eigenvalue weighted by Crippen LogP contribution is -2.20. The molecule has 0 saturated heterocycles. The number of hydrogen-bond acceptors (Lipinski definition) is 6. The van der Waals surface area contributed by atoms with E-state index >= 15 is 0 Å². The highest BCUT2D eigenvalue weighted by atomic mass is 16.6. The summed E-state index contributed by atoms with van der Waals surface area (Å²) in [6.07, 6.45) is 2.70. The molecule has 0 aromatic carbocycles. The molecule has 2 unspecified atom stereocenters. The summed E-state index contributed by atoms with van der Waals surface area (Å²) in [6, 6.07) is 0.188. The van der Waals surface area contributed by atoms with E-state index in [0.717, 1.165) is 19.3 Å². The molecule has 0 aliphatic heterocycles. The molecule has 0 aromatic heterocycles. The maximum Gasteiger partial charge on any atom is 0.308 e. The highest BCUT2D eigenvalue weighted by Gasteiger charge is 2.14. The van der Waals surface area contributed by atoms with Gasteiger partial charge >= 0.3 is 5.97 Å². The number of carbonyl (C=O) groups excluding carboxylic acids is 1. The number of carbonyl (C=O) groups is 1. The lowest BCUT2D eigenvalue weighted by molar-refractivity contribution is -0.149. The largest absolute Gasteiger partial charge is 0.463 e. The zero-order valence-corrected chi connectivity index (χ0v) is 13.6. The minimum atomic E-state index is -0.167. The van der Waals surface area contributed by atoms with Crippen molar-refractivity contribution in [2.45, 2.75) is 39.2 Å². The van der Waals surface area contributed by atoms with Gasteiger partial charge in [-0.2, -0.15) is 0 Å². The van der Waals surface area contributed by atoms with Crippen LogP contribution in [-0.4, -0.2) is 58.8 Å². The summed E-state index contributed by atoms with van der Waals surface area (Å²) in [5.41, 5.74) is 5.67. The molecule has 2 atom stereocenters. The van der Waals surface area contributed by atoms with Crippen LogP contribution in [0, 0.1) is 5.92 Å². The fourth-order valence-corrected chi connectivity index (χ4v) is 1.67. The SMILES string of the molecule is COCCOCCOCCOC(=O)C(C)CCCC(C)N. The van der Waals surface area contributed by atoms with E-state index in [2.05, 4.69) is 0 Å². The average molecular weight is 305 g/mol. The smallest absolute Gasteiger partial charge is 0.308 e. The third-order valence-corrected chi connectivity index (χ3v) is 2.97. The van der Waals surface area contributed by atoms with Gasteiger partial charge in [-0.1, -0.05) is 13.3 Å². The molecule has 21 heavy (non-hydrogen) atoms. The van der Waals surface area contributed by atoms with Crippen LogP contribution in [0.3, 0.4) is 0 Å². The fraction of sp³-hybridized carbons (Fsp3) is 0.933. The van der Waals surface area contributed by atoms with Crippen LogP contribution < -0.4 is 5.73 Å². The molecule has 0 aliphatic carbocycles. The van der Waals surface area contributed by atoms with E-state index in [-0.39, 0.29) is 24.5 Å². The number of methoxy groups -OCH3 is 1. The van der Waals surface area contributed by atoms with Gasteiger partial charge in [0.15, 0.2) is 0 Å². The second kappa shape index (κ2) is 14.3. The minimum Gasteiger partial charge on any atom is -0.463 e. The summed E-state index contributed by atoms with van der Waals surface area (Å²) in [7, 11) is 1.63. The van der Waals surface area contributed by atoms with Gasteiger partial charge in [0.25, 0.3) is 0 Å². The van der Waals surface area contributed by atoms with Crippen LogP contribution in [0.1, 0.15) is 33.1 Å². The number of esters is 1. The summed E-state index contributed by atoms with van der Waals surface area (Å²) in [5, 5.41) is 0. The number of hydrogen-bond donors (Lipinski definition) is 1. The van der Waals surface area contributed by atoms with Crippen LogP contribution in [0.5, 0.6) is 0 Å². The Hall–Kier alpha value is -0.690. The molecular formula is C15H31NO5. The van der Waals surface area contributed by atoms with Crippen molar-refractivity contribution in [2.24, 2.45) is 11.7 Å². The molecule has 0 amide bonds. The summed E-state index contributed by atoms with van der Waals surface area (Å²) < 4.78 is 20.5. The first-order valence-corrected chi connectivity index (χ1v) is 7.64. The van der Waals surface area contributed by atoms with Crippen molar-refractivity contribution in [1.82, 2.24) is 0 Å². The van der Waals surface area contributed by atoms with E-state index < -0.39 is 0 Å². The van der Waals surface area contributed by atoms with Gasteiger partial charge in [0.2, 0.25) is 0 Å². The molecule has 0 saturated carbocycles. The number of rotatable bonds is 14. The van der Waals surface area contributed by atoms with Crippen molar-refractivity contribution in [2.75, 3.05) is 46.8 Å². The highest BCUT2D eigenvalue weighted by Crippen LogP contribution is 2.10. The second-order valence-electron chi connectivity index (χ2n) is 5.19. The summed E-state index contributed by atoms with van der Waals surface area (Å²) in [5.74, 6) is -0.249. The average Bonchev–Trinajstić information content (AvgIpc) is 2.44. The Labute approximate surface area is 128 Å². The van der Waals surface area contributed by atoms with Crippen LogP contribution >= 0.6 is 0 Å². The first-order valence-electron chi connectivity index (χ1n) is 7.64. The lowest BCUT2D eigenvalue weighted by atomic mass is 10.0. The van der Waals surface area contributed by atoms with Crippen LogP contribution in [0.2, 0.25) is 0 Å². The maximum atomic E-state index is 11.7. The van der Waals surface area contributed by atoms with Crippen molar-refractivity contribution in [1.29, 1.82) is 0 Å². The molecule has 126 valence electrons. The molecule has 0 heterocycles. The Bertz CT molecular complexity index is 248. The molecule has 6 heteroatoms. The summed E-state index contributed by atoms with van der Waals surface area (Å²) in [4.78, 5) is 11.7. The first-order chi connectivity index (χ1) is 10.1. The van der Waals surface area contributed by atoms with Gasteiger partial charge in [0.1, 0.15) is 6.61 Å². The molecule has 6 nitrogen and oxygen atoms in total. The maximum absolute atomic E-state index is 11.7. The van der Waals surface area contributed by atoms with Crippen LogP contribution in [0.25, 0.3) is 0 Å². The molecule has 0 radical (unpaired) electrons. The van der Waals surface area contributed by atoms with Gasteiger partial charge in [-0.25, -0.2) is 0 Å². The van der Waals surface area contributed by atoms with Crippen molar-refractivity contribution >= 4 is 5.97 Å². The van der Waals surface area contributed by atoms with E-state index in [1.807, 2.05) is 13.8 Å². The molecule has 0 aromatic rings. The van der Waals surface area contributed by atoms with Gasteiger partial charge in [0, 0.05) is 13.2 Å². The van der Waals surface area contributed by atoms with Gasteiger partial charge in [-0.15, -0.1) is 0 Å². The number of ether oxygens (including phenoxy) is 4.